The van der Waals surface area contributed by atoms with E-state index in [-0.39, 0.29) is 42.2 Å². The Hall–Kier alpha value is -4.52. The Morgan fingerprint density at radius 1 is 1.00 bits per heavy atom. The third kappa shape index (κ3) is 7.08. The molecule has 3 aromatic rings. The second kappa shape index (κ2) is 14.5. The van der Waals surface area contributed by atoms with Crippen LogP contribution in [0.4, 0.5) is 16.0 Å². The van der Waals surface area contributed by atoms with E-state index in [0.717, 1.165) is 18.9 Å². The van der Waals surface area contributed by atoms with E-state index in [4.69, 9.17) is 9.73 Å². The molecule has 3 aromatic heterocycles. The van der Waals surface area contributed by atoms with Crippen molar-refractivity contribution in [2.24, 2.45) is 4.99 Å². The molecule has 0 aliphatic carbocycles. The predicted molar refractivity (Wildman–Crippen MR) is 167 cm³/mol. The van der Waals surface area contributed by atoms with Gasteiger partial charge in [-0.2, -0.15) is 4.39 Å². The number of carbonyl (C=O) groups is 2. The number of methoxy groups -OCH3 is 1. The van der Waals surface area contributed by atoms with Crippen LogP contribution in [0.5, 0.6) is 0 Å². The molecule has 5 heterocycles. The smallest absolute Gasteiger partial charge is 0.332 e. The molecule has 0 radical (unpaired) electrons. The quantitative estimate of drug-likeness (QED) is 0.212. The minimum absolute atomic E-state index is 0.119. The first-order chi connectivity index (χ1) is 21.8. The molecule has 0 aromatic carbocycles. The van der Waals surface area contributed by atoms with Crippen LogP contribution >= 0.6 is 0 Å². The summed E-state index contributed by atoms with van der Waals surface area (Å²) in [6.07, 6.45) is 7.19. The predicted octanol–water partition coefficient (Wildman–Crippen LogP) is 3.11. The van der Waals surface area contributed by atoms with Crippen LogP contribution in [0.2, 0.25) is 0 Å². The van der Waals surface area contributed by atoms with Gasteiger partial charge in [-0.1, -0.05) is 6.92 Å². The van der Waals surface area contributed by atoms with Crippen LogP contribution in [0.1, 0.15) is 66.9 Å². The van der Waals surface area contributed by atoms with Crippen molar-refractivity contribution in [1.82, 2.24) is 24.0 Å². The number of nitrogens with zero attached hydrogens (tertiary/aromatic N) is 7. The maximum atomic E-state index is 13.5. The zero-order chi connectivity index (χ0) is 31.9. The Kier molecular flexibility index (Phi) is 10.3. The van der Waals surface area contributed by atoms with Crippen LogP contribution in [0.15, 0.2) is 51.2 Å². The molecule has 0 spiro atoms. The van der Waals surface area contributed by atoms with Crippen LogP contribution in [-0.2, 0) is 29.0 Å². The molecule has 2 aliphatic heterocycles. The number of carbonyl (C=O) groups excluding carboxylic acids is 2. The average molecular weight is 620 g/mol. The van der Waals surface area contributed by atoms with E-state index in [1.165, 1.54) is 21.7 Å². The number of hydrogen-bond donors (Lipinski definition) is 0. The molecule has 0 atom stereocenters. The minimum atomic E-state index is -0.686. The topological polar surface area (TPSA) is 132 Å². The number of aromatic nitrogens is 4. The van der Waals surface area contributed by atoms with E-state index >= 15 is 0 Å². The van der Waals surface area contributed by atoms with E-state index in [1.807, 2.05) is 11.8 Å². The highest BCUT2D eigenvalue weighted by molar-refractivity contribution is 6.07. The number of anilines is 1. The lowest BCUT2D eigenvalue weighted by Crippen LogP contribution is -2.41. The molecular weight excluding hydrogens is 581 g/mol. The fourth-order valence-corrected chi connectivity index (χ4v) is 5.73. The molecule has 45 heavy (non-hydrogen) atoms. The van der Waals surface area contributed by atoms with E-state index in [1.54, 1.807) is 30.0 Å². The maximum absolute atomic E-state index is 13.5. The fourth-order valence-electron chi connectivity index (χ4n) is 5.73. The van der Waals surface area contributed by atoms with Crippen molar-refractivity contribution in [1.29, 1.82) is 0 Å². The summed E-state index contributed by atoms with van der Waals surface area (Å²) in [5, 5.41) is 0. The lowest BCUT2D eigenvalue weighted by atomic mass is 10.1. The summed E-state index contributed by atoms with van der Waals surface area (Å²) in [5.41, 5.74) is 1.20. The van der Waals surface area contributed by atoms with Crippen LogP contribution in [0.3, 0.4) is 0 Å². The van der Waals surface area contributed by atoms with Gasteiger partial charge in [0.05, 0.1) is 16.8 Å². The average Bonchev–Trinajstić information content (AvgIpc) is 3.50. The highest BCUT2D eigenvalue weighted by Crippen LogP contribution is 2.26. The van der Waals surface area contributed by atoms with Crippen molar-refractivity contribution in [3.8, 4) is 0 Å². The highest BCUT2D eigenvalue weighted by atomic mass is 19.1. The molecule has 2 aliphatic rings. The molecule has 238 valence electrons. The van der Waals surface area contributed by atoms with Gasteiger partial charge in [0.15, 0.2) is 0 Å². The number of pyridine rings is 2. The monoisotopic (exact) mass is 619 g/mol. The largest absolute Gasteiger partial charge is 0.385 e. The second-order valence-corrected chi connectivity index (χ2v) is 11.2. The number of aliphatic imine (C=N–C) groups is 1. The molecule has 5 rings (SSSR count). The number of fused-ring (bicyclic) bond motifs is 1. The zero-order valence-electron chi connectivity index (χ0n) is 25.7. The van der Waals surface area contributed by atoms with Gasteiger partial charge in [-0.05, 0) is 56.4 Å². The number of hydrogen-bond acceptors (Lipinski definition) is 8. The molecule has 1 saturated heterocycles. The van der Waals surface area contributed by atoms with Crippen molar-refractivity contribution < 1.29 is 18.7 Å². The third-order valence-electron chi connectivity index (χ3n) is 8.06. The van der Waals surface area contributed by atoms with Gasteiger partial charge in [0, 0.05) is 77.2 Å². The summed E-state index contributed by atoms with van der Waals surface area (Å²) < 4.78 is 21.4. The Morgan fingerprint density at radius 3 is 2.53 bits per heavy atom. The van der Waals surface area contributed by atoms with Crippen molar-refractivity contribution in [3.05, 3.63) is 80.1 Å². The maximum Gasteiger partial charge on any atom is 0.332 e. The lowest BCUT2D eigenvalue weighted by Gasteiger charge is -2.28. The molecule has 0 N–H and O–H groups in total. The van der Waals surface area contributed by atoms with E-state index in [0.29, 0.717) is 80.4 Å². The summed E-state index contributed by atoms with van der Waals surface area (Å²) in [4.78, 5) is 68.6. The van der Waals surface area contributed by atoms with Gasteiger partial charge in [0.25, 0.3) is 11.5 Å². The Labute approximate surface area is 260 Å². The van der Waals surface area contributed by atoms with Gasteiger partial charge in [0.2, 0.25) is 11.9 Å². The van der Waals surface area contributed by atoms with Gasteiger partial charge >= 0.3 is 5.69 Å². The summed E-state index contributed by atoms with van der Waals surface area (Å²) in [5.74, 6) is -0.211. The van der Waals surface area contributed by atoms with E-state index in [9.17, 15) is 23.6 Å². The third-order valence-corrected chi connectivity index (χ3v) is 8.06. The van der Waals surface area contributed by atoms with Gasteiger partial charge in [0.1, 0.15) is 11.6 Å². The lowest BCUT2D eigenvalue weighted by molar-refractivity contribution is -0.133. The van der Waals surface area contributed by atoms with Crippen LogP contribution in [0, 0.1) is 5.95 Å². The Bertz CT molecular complexity index is 1680. The molecule has 13 heteroatoms. The van der Waals surface area contributed by atoms with Crippen LogP contribution in [0.25, 0.3) is 0 Å². The van der Waals surface area contributed by atoms with Gasteiger partial charge in [-0.15, -0.1) is 0 Å². The number of likely N-dealkylation sites (tertiary alicyclic amines) is 1. The first-order valence-corrected chi connectivity index (χ1v) is 15.4. The van der Waals surface area contributed by atoms with Crippen molar-refractivity contribution in [2.75, 3.05) is 38.3 Å². The van der Waals surface area contributed by atoms with Crippen molar-refractivity contribution in [2.45, 2.75) is 65.0 Å². The van der Waals surface area contributed by atoms with E-state index < -0.39 is 11.9 Å². The van der Waals surface area contributed by atoms with Gasteiger partial charge in [-0.3, -0.25) is 28.4 Å². The van der Waals surface area contributed by atoms with Crippen molar-refractivity contribution in [3.63, 3.8) is 0 Å². The van der Waals surface area contributed by atoms with Crippen LogP contribution < -0.4 is 16.1 Å². The molecule has 12 nitrogen and oxygen atoms in total. The Morgan fingerprint density at radius 2 is 1.84 bits per heavy atom. The fraction of sp³-hybridized carbons (Fsp3) is 0.469. The summed E-state index contributed by atoms with van der Waals surface area (Å²) in [6.45, 7) is 4.58. The number of amides is 2. The first-order valence-electron chi connectivity index (χ1n) is 15.4. The zero-order valence-corrected chi connectivity index (χ0v) is 25.7. The van der Waals surface area contributed by atoms with E-state index in [2.05, 4.69) is 9.97 Å². The number of rotatable bonds is 13. The minimum Gasteiger partial charge on any atom is -0.385 e. The molecule has 1 fully saturated rings. The van der Waals surface area contributed by atoms with Crippen LogP contribution in [-0.4, -0.2) is 74.9 Å². The number of piperidine rings is 1. The highest BCUT2D eigenvalue weighted by Gasteiger charge is 2.27. The summed E-state index contributed by atoms with van der Waals surface area (Å²) in [6, 6.07) is 5.99. The number of ether oxygens (including phenoxy) is 1. The molecule has 0 bridgehead atoms. The van der Waals surface area contributed by atoms with Gasteiger partial charge in [-0.25, -0.2) is 19.8 Å². The number of halogens is 1. The summed E-state index contributed by atoms with van der Waals surface area (Å²) in [7, 11) is 1.58. The molecule has 0 saturated carbocycles. The second-order valence-electron chi connectivity index (χ2n) is 11.2. The molecular formula is C32H38FN7O5. The molecule has 0 unspecified atom stereocenters. The Balaban J connectivity index is 1.39. The summed E-state index contributed by atoms with van der Waals surface area (Å²) >= 11 is 0. The molecule has 2 amide bonds. The normalized spacial score (nSPS) is 14.4. The standard InChI is InChI=1S/C32H38FN7O5/c1-3-13-39-29-24(31(43)40(32(39)44)17-7-18-45-2)19-25(36-29)22-10-12-27(35-20-22)38(30(42)23-9-11-26(33)34-21-23)16-6-15-37-14-5-4-8-28(37)41/h9-12,20-21H,3-8,13-19H2,1-2H3. The first kappa shape index (κ1) is 31.9. The SMILES string of the molecule is CCCn1c2c(c(=O)n(CCCOC)c1=O)CC(c1ccc(N(CCCN3CCCCC3=O)C(=O)c3ccc(F)nc3)nc1)=N2. The van der Waals surface area contributed by atoms with Crippen molar-refractivity contribution >= 4 is 29.2 Å². The van der Waals surface area contributed by atoms with Gasteiger partial charge < -0.3 is 9.64 Å².